The molecule has 1 amide bonds. The molecule has 1 saturated heterocycles. The van der Waals surface area contributed by atoms with Crippen molar-refractivity contribution < 1.29 is 13.9 Å². The summed E-state index contributed by atoms with van der Waals surface area (Å²) in [6.07, 6.45) is 1.53. The summed E-state index contributed by atoms with van der Waals surface area (Å²) in [5.74, 6) is 1.19. The lowest BCUT2D eigenvalue weighted by Gasteiger charge is -2.36. The number of rotatable bonds is 6. The highest BCUT2D eigenvalue weighted by Crippen LogP contribution is 2.10. The van der Waals surface area contributed by atoms with Gasteiger partial charge in [-0.15, -0.1) is 24.0 Å². The number of piperazine rings is 1. The number of carbonyl (C=O) groups excluding carboxylic acids is 1. The quantitative estimate of drug-likeness (QED) is 0.366. The lowest BCUT2D eigenvalue weighted by Crippen LogP contribution is -2.53. The van der Waals surface area contributed by atoms with Crippen LogP contribution < -0.4 is 5.32 Å². The van der Waals surface area contributed by atoms with Crippen LogP contribution in [0.4, 0.5) is 0 Å². The van der Waals surface area contributed by atoms with E-state index in [1.165, 1.54) is 17.4 Å². The van der Waals surface area contributed by atoms with Gasteiger partial charge in [0.15, 0.2) is 11.7 Å². The molecule has 3 rings (SSSR count). The number of ether oxygens (including phenoxy) is 1. The van der Waals surface area contributed by atoms with Crippen molar-refractivity contribution in [2.45, 2.75) is 20.1 Å². The first kappa shape index (κ1) is 23.2. The van der Waals surface area contributed by atoms with Crippen molar-refractivity contribution in [3.05, 3.63) is 59.5 Å². The number of hydrogen-bond donors (Lipinski definition) is 1. The molecule has 0 atom stereocenters. The average molecular weight is 512 g/mol. The number of aliphatic imine (C=N–C) groups is 1. The van der Waals surface area contributed by atoms with E-state index in [1.54, 1.807) is 19.2 Å². The van der Waals surface area contributed by atoms with Gasteiger partial charge in [0.05, 0.1) is 12.9 Å². The molecule has 0 aliphatic carbocycles. The first-order valence-electron chi connectivity index (χ1n) is 9.65. The Bertz CT molecular complexity index is 770. The lowest BCUT2D eigenvalue weighted by atomic mass is 10.1. The van der Waals surface area contributed by atoms with Gasteiger partial charge in [0.1, 0.15) is 0 Å². The number of nitrogens with zero attached hydrogens (tertiary/aromatic N) is 3. The third kappa shape index (κ3) is 6.46. The predicted molar refractivity (Wildman–Crippen MR) is 124 cm³/mol. The number of amides is 1. The summed E-state index contributed by atoms with van der Waals surface area (Å²) in [7, 11) is 1.79. The molecule has 7 nitrogen and oxygen atoms in total. The van der Waals surface area contributed by atoms with Crippen LogP contribution in [0, 0.1) is 0 Å². The maximum atomic E-state index is 12.4. The molecule has 0 spiro atoms. The first-order chi connectivity index (χ1) is 13.7. The molecule has 2 heterocycles. The van der Waals surface area contributed by atoms with Crippen molar-refractivity contribution in [2.75, 3.05) is 39.8 Å². The number of halogens is 1. The third-order valence-electron chi connectivity index (χ3n) is 4.76. The summed E-state index contributed by atoms with van der Waals surface area (Å²) >= 11 is 0. The molecule has 1 aromatic heterocycles. The molecule has 2 aromatic rings. The third-order valence-corrected chi connectivity index (χ3v) is 4.76. The van der Waals surface area contributed by atoms with Gasteiger partial charge in [-0.3, -0.25) is 9.79 Å². The maximum absolute atomic E-state index is 12.4. The molecule has 29 heavy (non-hydrogen) atoms. The zero-order chi connectivity index (χ0) is 19.8. The highest BCUT2D eigenvalue weighted by molar-refractivity contribution is 14.0. The Morgan fingerprint density at radius 1 is 1.10 bits per heavy atom. The van der Waals surface area contributed by atoms with Crippen LogP contribution in [0.2, 0.25) is 0 Å². The maximum Gasteiger partial charge on any atom is 0.289 e. The summed E-state index contributed by atoms with van der Waals surface area (Å²) in [6, 6.07) is 11.8. The van der Waals surface area contributed by atoms with Crippen LogP contribution in [0.1, 0.15) is 28.6 Å². The van der Waals surface area contributed by atoms with Crippen LogP contribution >= 0.6 is 24.0 Å². The zero-order valence-corrected chi connectivity index (χ0v) is 19.3. The average Bonchev–Trinajstić information content (AvgIpc) is 3.28. The van der Waals surface area contributed by atoms with E-state index in [9.17, 15) is 4.79 Å². The fourth-order valence-corrected chi connectivity index (χ4v) is 3.16. The largest absolute Gasteiger partial charge is 0.459 e. The molecule has 0 bridgehead atoms. The summed E-state index contributed by atoms with van der Waals surface area (Å²) in [5, 5.41) is 3.41. The van der Waals surface area contributed by atoms with Crippen LogP contribution in [0.15, 0.2) is 52.1 Å². The Kier molecular flexibility index (Phi) is 9.46. The summed E-state index contributed by atoms with van der Waals surface area (Å²) in [5.41, 5.74) is 2.36. The van der Waals surface area contributed by atoms with Gasteiger partial charge >= 0.3 is 0 Å². The van der Waals surface area contributed by atoms with Crippen LogP contribution in [0.25, 0.3) is 0 Å². The number of guanidine groups is 1. The van der Waals surface area contributed by atoms with E-state index < -0.39 is 0 Å². The van der Waals surface area contributed by atoms with Crippen molar-refractivity contribution in [3.63, 3.8) is 0 Å². The van der Waals surface area contributed by atoms with Crippen LogP contribution in [0.3, 0.4) is 0 Å². The van der Waals surface area contributed by atoms with Crippen LogP contribution in [0.5, 0.6) is 0 Å². The fraction of sp³-hybridized carbons (Fsp3) is 0.429. The first-order valence-corrected chi connectivity index (χ1v) is 9.65. The minimum Gasteiger partial charge on any atom is -0.459 e. The van der Waals surface area contributed by atoms with Gasteiger partial charge < -0.3 is 24.3 Å². The van der Waals surface area contributed by atoms with Crippen molar-refractivity contribution in [2.24, 2.45) is 4.99 Å². The number of carbonyl (C=O) groups is 1. The molecule has 1 fully saturated rings. The van der Waals surface area contributed by atoms with Crippen molar-refractivity contribution in [1.29, 1.82) is 0 Å². The van der Waals surface area contributed by atoms with Gasteiger partial charge in [0.2, 0.25) is 0 Å². The van der Waals surface area contributed by atoms with Gasteiger partial charge in [-0.1, -0.05) is 24.3 Å². The summed E-state index contributed by atoms with van der Waals surface area (Å²) < 4.78 is 10.6. The minimum atomic E-state index is -0.0558. The number of furan rings is 1. The van der Waals surface area contributed by atoms with E-state index >= 15 is 0 Å². The van der Waals surface area contributed by atoms with Crippen molar-refractivity contribution in [3.8, 4) is 0 Å². The smallest absolute Gasteiger partial charge is 0.289 e. The molecular weight excluding hydrogens is 483 g/mol. The Labute approximate surface area is 189 Å². The standard InChI is InChI=1S/C21H28N4O3.HI/c1-3-27-16-18-8-6-17(7-9-18)15-23-21(22-2)25-12-10-24(11-13-25)20(26)19-5-4-14-28-19;/h4-9,14H,3,10-13,15-16H2,1-2H3,(H,22,23);1H. The Hall–Kier alpha value is -2.07. The second-order valence-electron chi connectivity index (χ2n) is 6.61. The lowest BCUT2D eigenvalue weighted by molar-refractivity contribution is 0.0657. The van der Waals surface area contributed by atoms with Crippen LogP contribution in [-0.4, -0.2) is 61.5 Å². The Balaban J connectivity index is 0.00000300. The monoisotopic (exact) mass is 512 g/mol. The van der Waals surface area contributed by atoms with Crippen LogP contribution in [-0.2, 0) is 17.9 Å². The highest BCUT2D eigenvalue weighted by Gasteiger charge is 2.25. The molecule has 1 aliphatic rings. The van der Waals surface area contributed by atoms with Gasteiger partial charge in [-0.25, -0.2) is 0 Å². The van der Waals surface area contributed by atoms with Gasteiger partial charge in [0, 0.05) is 46.4 Å². The number of nitrogens with one attached hydrogen (secondary N) is 1. The predicted octanol–water partition coefficient (Wildman–Crippen LogP) is 2.97. The molecule has 1 aromatic carbocycles. The van der Waals surface area contributed by atoms with E-state index in [0.717, 1.165) is 25.7 Å². The molecule has 0 radical (unpaired) electrons. The molecule has 158 valence electrons. The van der Waals surface area contributed by atoms with E-state index in [-0.39, 0.29) is 29.9 Å². The second-order valence-corrected chi connectivity index (χ2v) is 6.61. The zero-order valence-electron chi connectivity index (χ0n) is 17.0. The normalized spacial score (nSPS) is 14.5. The van der Waals surface area contributed by atoms with Gasteiger partial charge in [-0.05, 0) is 30.2 Å². The SMILES string of the molecule is CCOCc1ccc(CNC(=NC)N2CCN(C(=O)c3ccco3)CC2)cc1.I. The van der Waals surface area contributed by atoms with E-state index in [0.29, 0.717) is 32.0 Å². The van der Waals surface area contributed by atoms with Gasteiger partial charge in [-0.2, -0.15) is 0 Å². The molecule has 8 heteroatoms. The number of benzene rings is 1. The molecule has 0 saturated carbocycles. The Morgan fingerprint density at radius 2 is 1.76 bits per heavy atom. The minimum absolute atomic E-state index is 0. The van der Waals surface area contributed by atoms with E-state index in [4.69, 9.17) is 9.15 Å². The molecule has 1 aliphatic heterocycles. The topological polar surface area (TPSA) is 70.3 Å². The van der Waals surface area contributed by atoms with E-state index in [2.05, 4.69) is 39.5 Å². The highest BCUT2D eigenvalue weighted by atomic mass is 127. The van der Waals surface area contributed by atoms with Gasteiger partial charge in [0.25, 0.3) is 5.91 Å². The van der Waals surface area contributed by atoms with E-state index in [1.807, 2.05) is 11.8 Å². The van der Waals surface area contributed by atoms with Crippen molar-refractivity contribution >= 4 is 35.8 Å². The number of hydrogen-bond acceptors (Lipinski definition) is 4. The summed E-state index contributed by atoms with van der Waals surface area (Å²) in [4.78, 5) is 20.8. The Morgan fingerprint density at radius 3 is 2.34 bits per heavy atom. The fourth-order valence-electron chi connectivity index (χ4n) is 3.16. The summed E-state index contributed by atoms with van der Waals surface area (Å²) in [6.45, 7) is 6.83. The second kappa shape index (κ2) is 11.8. The molecule has 1 N–H and O–H groups in total. The molecular formula is C21H29IN4O3. The molecule has 0 unspecified atom stereocenters. The van der Waals surface area contributed by atoms with Crippen molar-refractivity contribution in [1.82, 2.24) is 15.1 Å².